The highest BCUT2D eigenvalue weighted by Gasteiger charge is 2.18. The van der Waals surface area contributed by atoms with Crippen LogP contribution in [0, 0.1) is 18.3 Å². The van der Waals surface area contributed by atoms with Crippen LogP contribution in [0.5, 0.6) is 0 Å². The number of anilines is 2. The van der Waals surface area contributed by atoms with Crippen LogP contribution in [0.15, 0.2) is 30.3 Å². The summed E-state index contributed by atoms with van der Waals surface area (Å²) in [6.45, 7) is 3.72. The summed E-state index contributed by atoms with van der Waals surface area (Å²) in [6.07, 6.45) is 2.26. The quantitative estimate of drug-likeness (QED) is 0.942. The monoisotopic (exact) mass is 307 g/mol. The van der Waals surface area contributed by atoms with Gasteiger partial charge in [0, 0.05) is 24.5 Å². The Morgan fingerprint density at radius 2 is 1.91 bits per heavy atom. The molecule has 1 aromatic heterocycles. The summed E-state index contributed by atoms with van der Waals surface area (Å²) >= 11 is 0. The van der Waals surface area contributed by atoms with Crippen LogP contribution in [-0.4, -0.2) is 29.0 Å². The fraction of sp³-hybridized carbons (Fsp3) is 0.294. The van der Waals surface area contributed by atoms with Gasteiger partial charge in [0.1, 0.15) is 5.69 Å². The molecule has 1 amide bonds. The summed E-state index contributed by atoms with van der Waals surface area (Å²) < 4.78 is 0. The maximum absolute atomic E-state index is 12.4. The van der Waals surface area contributed by atoms with Gasteiger partial charge in [0.15, 0.2) is 0 Å². The fourth-order valence-corrected chi connectivity index (χ4v) is 2.55. The molecule has 0 radical (unpaired) electrons. The van der Waals surface area contributed by atoms with Gasteiger partial charge in [-0.15, -0.1) is 0 Å². The van der Waals surface area contributed by atoms with E-state index in [1.165, 1.54) is 0 Å². The van der Waals surface area contributed by atoms with Crippen LogP contribution in [-0.2, 0) is 0 Å². The van der Waals surface area contributed by atoms with Crippen molar-refractivity contribution in [2.75, 3.05) is 23.3 Å². The van der Waals surface area contributed by atoms with Crippen molar-refractivity contribution in [3.63, 3.8) is 0 Å². The van der Waals surface area contributed by atoms with Crippen LogP contribution < -0.4 is 10.2 Å². The SMILES string of the molecule is Cc1cc(C(=O)Nc2ccc(C#N)cc2)nc(N2CCCC2)n1. The van der Waals surface area contributed by atoms with E-state index in [1.807, 2.05) is 13.0 Å². The number of carbonyl (C=O) groups is 1. The van der Waals surface area contributed by atoms with Gasteiger partial charge in [-0.25, -0.2) is 9.97 Å². The zero-order valence-corrected chi connectivity index (χ0v) is 12.9. The Morgan fingerprint density at radius 1 is 1.22 bits per heavy atom. The predicted molar refractivity (Wildman–Crippen MR) is 87.3 cm³/mol. The molecule has 23 heavy (non-hydrogen) atoms. The third kappa shape index (κ3) is 3.46. The first-order chi connectivity index (χ1) is 11.2. The second-order valence-electron chi connectivity index (χ2n) is 5.53. The molecule has 6 nitrogen and oxygen atoms in total. The summed E-state index contributed by atoms with van der Waals surface area (Å²) in [6, 6.07) is 10.5. The topological polar surface area (TPSA) is 81.9 Å². The Hall–Kier alpha value is -2.94. The molecular weight excluding hydrogens is 290 g/mol. The predicted octanol–water partition coefficient (Wildman–Crippen LogP) is 2.51. The number of hydrogen-bond donors (Lipinski definition) is 1. The molecule has 2 aromatic rings. The van der Waals surface area contributed by atoms with Crippen LogP contribution in [0.4, 0.5) is 11.6 Å². The van der Waals surface area contributed by atoms with Gasteiger partial charge in [-0.3, -0.25) is 4.79 Å². The molecule has 0 aliphatic carbocycles. The molecule has 0 bridgehead atoms. The Kier molecular flexibility index (Phi) is 4.20. The molecule has 1 saturated heterocycles. The number of nitrogens with one attached hydrogen (secondary N) is 1. The zero-order chi connectivity index (χ0) is 16.2. The maximum Gasteiger partial charge on any atom is 0.274 e. The minimum Gasteiger partial charge on any atom is -0.341 e. The molecule has 1 aromatic carbocycles. The number of amides is 1. The van der Waals surface area contributed by atoms with E-state index in [-0.39, 0.29) is 5.91 Å². The molecule has 0 unspecified atom stereocenters. The van der Waals surface area contributed by atoms with Crippen molar-refractivity contribution in [2.45, 2.75) is 19.8 Å². The molecule has 1 aliphatic heterocycles. The van der Waals surface area contributed by atoms with Crippen molar-refractivity contribution in [1.29, 1.82) is 5.26 Å². The molecule has 6 heteroatoms. The van der Waals surface area contributed by atoms with E-state index in [0.29, 0.717) is 22.9 Å². The number of hydrogen-bond acceptors (Lipinski definition) is 5. The van der Waals surface area contributed by atoms with E-state index in [2.05, 4.69) is 20.2 Å². The van der Waals surface area contributed by atoms with Gasteiger partial charge in [0.25, 0.3) is 5.91 Å². The van der Waals surface area contributed by atoms with Crippen molar-refractivity contribution < 1.29 is 4.79 Å². The minimum atomic E-state index is -0.277. The van der Waals surface area contributed by atoms with Gasteiger partial charge < -0.3 is 10.2 Å². The summed E-state index contributed by atoms with van der Waals surface area (Å²) in [5.41, 5.74) is 2.31. The molecule has 0 saturated carbocycles. The maximum atomic E-state index is 12.4. The molecule has 116 valence electrons. The zero-order valence-electron chi connectivity index (χ0n) is 12.9. The molecule has 3 rings (SSSR count). The molecular formula is C17H17N5O. The lowest BCUT2D eigenvalue weighted by atomic mass is 10.2. The molecule has 1 N–H and O–H groups in total. The van der Waals surface area contributed by atoms with Crippen LogP contribution in [0.1, 0.15) is 34.6 Å². The van der Waals surface area contributed by atoms with E-state index < -0.39 is 0 Å². The fourth-order valence-electron chi connectivity index (χ4n) is 2.55. The number of nitrogens with zero attached hydrogens (tertiary/aromatic N) is 4. The normalized spacial score (nSPS) is 13.7. The van der Waals surface area contributed by atoms with Gasteiger partial charge in [-0.1, -0.05) is 0 Å². The number of nitriles is 1. The highest BCUT2D eigenvalue weighted by Crippen LogP contribution is 2.17. The molecule has 1 fully saturated rings. The van der Waals surface area contributed by atoms with Crippen molar-refractivity contribution in [2.24, 2.45) is 0 Å². The van der Waals surface area contributed by atoms with Gasteiger partial charge >= 0.3 is 0 Å². The smallest absolute Gasteiger partial charge is 0.274 e. The highest BCUT2D eigenvalue weighted by atomic mass is 16.1. The second kappa shape index (κ2) is 6.44. The van der Waals surface area contributed by atoms with Crippen LogP contribution in [0.2, 0.25) is 0 Å². The first kappa shape index (κ1) is 15.0. The summed E-state index contributed by atoms with van der Waals surface area (Å²) in [4.78, 5) is 23.3. The second-order valence-corrected chi connectivity index (χ2v) is 5.53. The summed E-state index contributed by atoms with van der Waals surface area (Å²) in [5, 5.41) is 11.6. The van der Waals surface area contributed by atoms with Gasteiger partial charge in [0.05, 0.1) is 11.6 Å². The Labute approximate surface area is 134 Å². The van der Waals surface area contributed by atoms with Crippen molar-refractivity contribution in [3.8, 4) is 6.07 Å². The summed E-state index contributed by atoms with van der Waals surface area (Å²) in [7, 11) is 0. The first-order valence-electron chi connectivity index (χ1n) is 7.58. The van der Waals surface area contributed by atoms with Gasteiger partial charge in [-0.2, -0.15) is 5.26 Å². The van der Waals surface area contributed by atoms with Crippen molar-refractivity contribution >= 4 is 17.5 Å². The highest BCUT2D eigenvalue weighted by molar-refractivity contribution is 6.03. The van der Waals surface area contributed by atoms with E-state index in [1.54, 1.807) is 30.3 Å². The summed E-state index contributed by atoms with van der Waals surface area (Å²) in [5.74, 6) is 0.341. The lowest BCUT2D eigenvalue weighted by Gasteiger charge is -2.16. The third-order valence-electron chi connectivity index (χ3n) is 3.74. The number of rotatable bonds is 3. The van der Waals surface area contributed by atoms with Crippen molar-refractivity contribution in [1.82, 2.24) is 9.97 Å². The van der Waals surface area contributed by atoms with Crippen LogP contribution in [0.25, 0.3) is 0 Å². The average molecular weight is 307 g/mol. The van der Waals surface area contributed by atoms with Gasteiger partial charge in [-0.05, 0) is 50.1 Å². The lowest BCUT2D eigenvalue weighted by molar-refractivity contribution is 0.102. The number of carbonyl (C=O) groups excluding carboxylic acids is 1. The first-order valence-corrected chi connectivity index (χ1v) is 7.58. The Bertz CT molecular complexity index is 758. The van der Waals surface area contributed by atoms with E-state index in [0.717, 1.165) is 31.6 Å². The molecule has 0 spiro atoms. The Morgan fingerprint density at radius 3 is 2.57 bits per heavy atom. The molecule has 0 atom stereocenters. The number of benzene rings is 1. The molecule has 2 heterocycles. The largest absolute Gasteiger partial charge is 0.341 e. The Balaban J connectivity index is 1.79. The van der Waals surface area contributed by atoms with Crippen LogP contribution >= 0.6 is 0 Å². The van der Waals surface area contributed by atoms with Crippen LogP contribution in [0.3, 0.4) is 0 Å². The number of aromatic nitrogens is 2. The standard InChI is InChI=1S/C17H17N5O/c1-12-10-15(21-17(19-12)22-8-2-3-9-22)16(23)20-14-6-4-13(11-18)5-7-14/h4-7,10H,2-3,8-9H2,1H3,(H,20,23). The average Bonchev–Trinajstić information content (AvgIpc) is 3.09. The molecule has 1 aliphatic rings. The van der Waals surface area contributed by atoms with Crippen molar-refractivity contribution in [3.05, 3.63) is 47.3 Å². The van der Waals surface area contributed by atoms with Gasteiger partial charge in [0.2, 0.25) is 5.95 Å². The third-order valence-corrected chi connectivity index (χ3v) is 3.74. The number of aryl methyl sites for hydroxylation is 1. The van der Waals surface area contributed by atoms with E-state index >= 15 is 0 Å². The lowest BCUT2D eigenvalue weighted by Crippen LogP contribution is -2.23. The van der Waals surface area contributed by atoms with E-state index in [9.17, 15) is 4.79 Å². The van der Waals surface area contributed by atoms with E-state index in [4.69, 9.17) is 5.26 Å². The minimum absolute atomic E-state index is 0.277.